The highest BCUT2D eigenvalue weighted by molar-refractivity contribution is 6.64. The summed E-state index contributed by atoms with van der Waals surface area (Å²) < 4.78 is 11.5. The Kier molecular flexibility index (Phi) is 4.33. The molecule has 0 bridgehead atoms. The van der Waals surface area contributed by atoms with Crippen molar-refractivity contribution >= 4 is 20.6 Å². The Morgan fingerprint density at radius 1 is 0.947 bits per heavy atom. The van der Waals surface area contributed by atoms with Crippen LogP contribution in [0.4, 0.5) is 0 Å². The van der Waals surface area contributed by atoms with Crippen LogP contribution in [0.2, 0.25) is 0 Å². The van der Waals surface area contributed by atoms with Crippen LogP contribution in [0.1, 0.15) is 16.7 Å². The minimum absolute atomic E-state index is 0.374. The van der Waals surface area contributed by atoms with Gasteiger partial charge in [-0.3, -0.25) is 0 Å². The first kappa shape index (κ1) is 13.8. The van der Waals surface area contributed by atoms with Gasteiger partial charge in [-0.1, -0.05) is 48.0 Å². The fraction of sp³-hybridized carbons (Fsp3) is 0.200. The van der Waals surface area contributed by atoms with Crippen molar-refractivity contribution in [1.29, 1.82) is 0 Å². The fourth-order valence-electron chi connectivity index (χ4n) is 2.32. The lowest BCUT2D eigenvalue weighted by Crippen LogP contribution is -2.39. The molecule has 0 aromatic heterocycles. The lowest BCUT2D eigenvalue weighted by atomic mass is 9.78. The smallest absolute Gasteiger partial charge is 0.533 e. The van der Waals surface area contributed by atoms with Crippen LogP contribution in [0, 0.1) is 20.8 Å². The van der Waals surface area contributed by atoms with E-state index in [-0.39, 0.29) is 7.12 Å². The molecular formula is C15H18B2O2. The predicted octanol–water partition coefficient (Wildman–Crippen LogP) is 1.95. The largest absolute Gasteiger partial charge is 0.546 e. The second kappa shape index (κ2) is 5.98. The van der Waals surface area contributed by atoms with Crippen LogP contribution in [0.25, 0.3) is 0 Å². The van der Waals surface area contributed by atoms with Crippen LogP contribution in [0.15, 0.2) is 42.5 Å². The third-order valence-corrected chi connectivity index (χ3v) is 3.12. The molecule has 0 spiro atoms. The normalized spacial score (nSPS) is 10.3. The topological polar surface area (TPSA) is 18.5 Å². The van der Waals surface area contributed by atoms with Gasteiger partial charge in [-0.05, 0) is 37.4 Å². The molecule has 2 aromatic rings. The molecule has 0 aliphatic carbocycles. The van der Waals surface area contributed by atoms with Crippen LogP contribution in [0.3, 0.4) is 0 Å². The maximum absolute atomic E-state index is 6.04. The second-order valence-corrected chi connectivity index (χ2v) is 4.82. The van der Waals surface area contributed by atoms with Crippen molar-refractivity contribution < 1.29 is 9.23 Å². The molecule has 0 aliphatic heterocycles. The van der Waals surface area contributed by atoms with E-state index in [0.29, 0.717) is 0 Å². The third-order valence-electron chi connectivity index (χ3n) is 3.12. The predicted molar refractivity (Wildman–Crippen MR) is 82.7 cm³/mol. The molecule has 19 heavy (non-hydrogen) atoms. The zero-order chi connectivity index (χ0) is 13.8. The van der Waals surface area contributed by atoms with E-state index in [1.165, 1.54) is 5.56 Å². The van der Waals surface area contributed by atoms with Gasteiger partial charge in [0.15, 0.2) is 0 Å². The van der Waals surface area contributed by atoms with Gasteiger partial charge in [0.2, 0.25) is 8.05 Å². The first-order valence-electron chi connectivity index (χ1n) is 6.44. The third kappa shape index (κ3) is 3.21. The Morgan fingerprint density at radius 2 is 1.53 bits per heavy atom. The summed E-state index contributed by atoms with van der Waals surface area (Å²) in [5.74, 6) is 0.904. The average Bonchev–Trinajstić information content (AvgIpc) is 2.39. The van der Waals surface area contributed by atoms with Crippen LogP contribution in [0.5, 0.6) is 5.75 Å². The summed E-state index contributed by atoms with van der Waals surface area (Å²) in [7, 11) is 1.29. The fourth-order valence-corrected chi connectivity index (χ4v) is 2.32. The molecule has 0 amide bonds. The second-order valence-electron chi connectivity index (χ2n) is 4.82. The van der Waals surface area contributed by atoms with Crippen molar-refractivity contribution in [2.24, 2.45) is 0 Å². The molecule has 0 fully saturated rings. The van der Waals surface area contributed by atoms with Gasteiger partial charge in [0, 0.05) is 0 Å². The first-order chi connectivity index (χ1) is 9.11. The van der Waals surface area contributed by atoms with Gasteiger partial charge >= 0.3 is 7.12 Å². The number of benzene rings is 2. The number of rotatable bonds is 4. The standard InChI is InChI=1S/C15H18B2O2/c1-11-9-12(2)15(13(3)10-11)18-17(19-16)14-7-5-4-6-8-14/h4-10H,16H2,1-3H3. The Labute approximate surface area is 116 Å². The van der Waals surface area contributed by atoms with E-state index in [1.54, 1.807) is 8.05 Å². The minimum atomic E-state index is -0.374. The van der Waals surface area contributed by atoms with Gasteiger partial charge in [-0.25, -0.2) is 0 Å². The molecule has 0 saturated carbocycles. The highest BCUT2D eigenvalue weighted by Gasteiger charge is 2.22. The van der Waals surface area contributed by atoms with Gasteiger partial charge in [-0.2, -0.15) is 0 Å². The molecule has 0 atom stereocenters. The summed E-state index contributed by atoms with van der Waals surface area (Å²) in [6, 6.07) is 14.2. The van der Waals surface area contributed by atoms with Crippen molar-refractivity contribution in [3.63, 3.8) is 0 Å². The van der Waals surface area contributed by atoms with E-state index in [2.05, 4.69) is 32.9 Å². The molecule has 2 rings (SSSR count). The molecule has 2 aromatic carbocycles. The SMILES string of the molecule is BOB(Oc1c(C)cc(C)cc1C)c1ccccc1. The number of aryl methyl sites for hydroxylation is 3. The minimum Gasteiger partial charge on any atom is -0.533 e. The maximum Gasteiger partial charge on any atom is 0.546 e. The highest BCUT2D eigenvalue weighted by atomic mass is 16.6. The lowest BCUT2D eigenvalue weighted by molar-refractivity contribution is 0.457. The summed E-state index contributed by atoms with van der Waals surface area (Å²) in [5, 5.41) is 0. The van der Waals surface area contributed by atoms with Crippen LogP contribution in [-0.4, -0.2) is 15.2 Å². The summed E-state index contributed by atoms with van der Waals surface area (Å²) in [6.45, 7) is 6.22. The Balaban J connectivity index is 2.29. The van der Waals surface area contributed by atoms with Crippen LogP contribution in [-0.2, 0) is 4.57 Å². The first-order valence-corrected chi connectivity index (χ1v) is 6.44. The Bertz CT molecular complexity index is 532. The molecule has 96 valence electrons. The zero-order valence-electron chi connectivity index (χ0n) is 11.9. The quantitative estimate of drug-likeness (QED) is 0.774. The van der Waals surface area contributed by atoms with E-state index in [0.717, 1.165) is 22.3 Å². The van der Waals surface area contributed by atoms with Crippen molar-refractivity contribution in [3.05, 3.63) is 59.2 Å². The maximum atomic E-state index is 6.04. The highest BCUT2D eigenvalue weighted by Crippen LogP contribution is 2.25. The molecule has 4 heteroatoms. The van der Waals surface area contributed by atoms with E-state index < -0.39 is 0 Å². The van der Waals surface area contributed by atoms with Gasteiger partial charge in [0.05, 0.1) is 0 Å². The van der Waals surface area contributed by atoms with Crippen molar-refractivity contribution in [2.45, 2.75) is 20.8 Å². The number of hydrogen-bond acceptors (Lipinski definition) is 2. The Hall–Kier alpha value is -1.67. The summed E-state index contributed by atoms with van der Waals surface area (Å²) >= 11 is 0. The lowest BCUT2D eigenvalue weighted by Gasteiger charge is -2.18. The van der Waals surface area contributed by atoms with Crippen molar-refractivity contribution in [2.75, 3.05) is 0 Å². The summed E-state index contributed by atoms with van der Waals surface area (Å²) in [4.78, 5) is 0. The van der Waals surface area contributed by atoms with Gasteiger partial charge in [0.1, 0.15) is 5.75 Å². The Morgan fingerprint density at radius 3 is 2.05 bits per heavy atom. The van der Waals surface area contributed by atoms with Crippen molar-refractivity contribution in [3.8, 4) is 5.75 Å². The van der Waals surface area contributed by atoms with E-state index >= 15 is 0 Å². The average molecular weight is 252 g/mol. The molecular weight excluding hydrogens is 234 g/mol. The number of hydrogen-bond donors (Lipinski definition) is 0. The van der Waals surface area contributed by atoms with E-state index in [1.807, 2.05) is 30.3 Å². The molecule has 0 unspecified atom stereocenters. The molecule has 0 aliphatic rings. The van der Waals surface area contributed by atoms with Gasteiger partial charge in [-0.15, -0.1) is 0 Å². The van der Waals surface area contributed by atoms with Crippen LogP contribution < -0.4 is 10.1 Å². The molecule has 0 radical (unpaired) electrons. The van der Waals surface area contributed by atoms with Crippen LogP contribution >= 0.6 is 0 Å². The summed E-state index contributed by atoms with van der Waals surface area (Å²) in [5.41, 5.74) is 4.53. The molecule has 0 heterocycles. The van der Waals surface area contributed by atoms with Gasteiger partial charge < -0.3 is 9.23 Å². The molecule has 2 nitrogen and oxygen atoms in total. The monoisotopic (exact) mass is 252 g/mol. The van der Waals surface area contributed by atoms with E-state index in [4.69, 9.17) is 9.23 Å². The summed E-state index contributed by atoms with van der Waals surface area (Å²) in [6.07, 6.45) is 0. The van der Waals surface area contributed by atoms with E-state index in [9.17, 15) is 0 Å². The zero-order valence-corrected chi connectivity index (χ0v) is 11.9. The van der Waals surface area contributed by atoms with Crippen molar-refractivity contribution in [1.82, 2.24) is 0 Å². The molecule has 0 N–H and O–H groups in total. The molecule has 0 saturated heterocycles. The van der Waals surface area contributed by atoms with Gasteiger partial charge in [0.25, 0.3) is 0 Å².